The van der Waals surface area contributed by atoms with Crippen molar-refractivity contribution in [3.8, 4) is 11.6 Å². The lowest BCUT2D eigenvalue weighted by Gasteiger charge is -2.18. The highest BCUT2D eigenvalue weighted by Gasteiger charge is 2.35. The predicted octanol–water partition coefficient (Wildman–Crippen LogP) is 4.14. The minimum Gasteiger partial charge on any atom is -0.490 e. The predicted molar refractivity (Wildman–Crippen MR) is 84.8 cm³/mol. The van der Waals surface area contributed by atoms with E-state index in [1.54, 1.807) is 19.9 Å². The second-order valence-corrected chi connectivity index (χ2v) is 5.93. The molecule has 1 aromatic heterocycles. The van der Waals surface area contributed by atoms with Gasteiger partial charge in [-0.3, -0.25) is 0 Å². The fourth-order valence-corrected chi connectivity index (χ4v) is 2.52. The first-order valence-corrected chi connectivity index (χ1v) is 7.73. The molecule has 0 fully saturated rings. The minimum absolute atomic E-state index is 0.0730. The van der Waals surface area contributed by atoms with E-state index < -0.39 is 11.7 Å². The Hall–Kier alpha value is -1.54. The van der Waals surface area contributed by atoms with Gasteiger partial charge in [-0.25, -0.2) is 4.98 Å². The van der Waals surface area contributed by atoms with Crippen molar-refractivity contribution in [3.05, 3.63) is 28.2 Å². The molecule has 23 heavy (non-hydrogen) atoms. The monoisotopic (exact) mass is 392 g/mol. The molecule has 126 valence electrons. The molecule has 0 atom stereocenters. The van der Waals surface area contributed by atoms with Crippen LogP contribution < -0.4 is 15.2 Å². The van der Waals surface area contributed by atoms with Gasteiger partial charge in [-0.1, -0.05) is 0 Å². The quantitative estimate of drug-likeness (QED) is 0.830. The van der Waals surface area contributed by atoms with Crippen molar-refractivity contribution in [2.24, 2.45) is 5.73 Å². The number of fused-ring (bicyclic) bond motifs is 1. The molecule has 0 amide bonds. The zero-order chi connectivity index (χ0) is 17.2. The summed E-state index contributed by atoms with van der Waals surface area (Å²) in [5, 5.41) is -0.114. The summed E-state index contributed by atoms with van der Waals surface area (Å²) < 4.78 is 51.6. The second-order valence-electron chi connectivity index (χ2n) is 5.08. The van der Waals surface area contributed by atoms with Gasteiger partial charge in [0.1, 0.15) is 12.4 Å². The zero-order valence-corrected chi connectivity index (χ0v) is 14.2. The lowest BCUT2D eigenvalue weighted by molar-refractivity contribution is -0.136. The van der Waals surface area contributed by atoms with Gasteiger partial charge in [0.25, 0.3) is 0 Å². The number of pyridine rings is 1. The summed E-state index contributed by atoms with van der Waals surface area (Å²) >= 11 is 3.22. The highest BCUT2D eigenvalue weighted by atomic mass is 79.9. The van der Waals surface area contributed by atoms with Crippen LogP contribution in [0, 0.1) is 0 Å². The molecule has 0 spiro atoms. The van der Waals surface area contributed by atoms with Gasteiger partial charge < -0.3 is 15.2 Å². The molecule has 2 rings (SSSR count). The smallest absolute Gasteiger partial charge is 0.417 e. The van der Waals surface area contributed by atoms with E-state index in [9.17, 15) is 13.2 Å². The largest absolute Gasteiger partial charge is 0.490 e. The third-order valence-electron chi connectivity index (χ3n) is 2.88. The molecular weight excluding hydrogens is 377 g/mol. The maximum atomic E-state index is 13.5. The van der Waals surface area contributed by atoms with Crippen LogP contribution in [0.2, 0.25) is 0 Å². The highest BCUT2D eigenvalue weighted by Crippen LogP contribution is 2.43. The highest BCUT2D eigenvalue weighted by molar-refractivity contribution is 9.10. The average molecular weight is 393 g/mol. The first kappa shape index (κ1) is 17.8. The molecule has 0 unspecified atom stereocenters. The summed E-state index contributed by atoms with van der Waals surface area (Å²) in [5.74, 6) is -0.00389. The van der Waals surface area contributed by atoms with E-state index in [0.717, 1.165) is 6.07 Å². The van der Waals surface area contributed by atoms with Crippen LogP contribution in [0.4, 0.5) is 13.2 Å². The number of halogens is 4. The molecule has 0 saturated carbocycles. The Balaban J connectivity index is 2.74. The van der Waals surface area contributed by atoms with Crippen molar-refractivity contribution in [1.29, 1.82) is 0 Å². The van der Waals surface area contributed by atoms with Crippen molar-refractivity contribution < 1.29 is 22.6 Å². The third-order valence-corrected chi connectivity index (χ3v) is 3.51. The fraction of sp³-hybridized carbons (Fsp3) is 0.400. The van der Waals surface area contributed by atoms with E-state index in [0.29, 0.717) is 4.47 Å². The van der Waals surface area contributed by atoms with Gasteiger partial charge in [0.2, 0.25) is 5.88 Å². The Morgan fingerprint density at radius 2 is 2.00 bits per heavy atom. The van der Waals surface area contributed by atoms with Crippen LogP contribution in [-0.2, 0) is 6.18 Å². The van der Waals surface area contributed by atoms with Gasteiger partial charge in [0.05, 0.1) is 27.0 Å². The maximum absolute atomic E-state index is 13.5. The number of hydrogen-bond acceptors (Lipinski definition) is 4. The number of aromatic nitrogens is 1. The molecule has 4 nitrogen and oxygen atoms in total. The first-order chi connectivity index (χ1) is 10.7. The molecule has 0 aliphatic heterocycles. The molecule has 0 bridgehead atoms. The maximum Gasteiger partial charge on any atom is 0.417 e. The number of ether oxygens (including phenoxy) is 2. The molecule has 1 aromatic carbocycles. The van der Waals surface area contributed by atoms with Crippen molar-refractivity contribution in [3.63, 3.8) is 0 Å². The van der Waals surface area contributed by atoms with Gasteiger partial charge in [-0.05, 0) is 41.9 Å². The summed E-state index contributed by atoms with van der Waals surface area (Å²) in [7, 11) is 0. The topological polar surface area (TPSA) is 57.4 Å². The van der Waals surface area contributed by atoms with Gasteiger partial charge in [0, 0.05) is 12.6 Å². The Kier molecular flexibility index (Phi) is 5.36. The van der Waals surface area contributed by atoms with Gasteiger partial charge >= 0.3 is 6.18 Å². The molecule has 0 radical (unpaired) electrons. The van der Waals surface area contributed by atoms with Gasteiger partial charge in [0.15, 0.2) is 0 Å². The molecule has 2 aromatic rings. The molecule has 0 saturated heterocycles. The SMILES string of the molecule is CC(C)Oc1cc(C(F)(F)F)c2c(OCCN)c(Br)ccc2n1. The van der Waals surface area contributed by atoms with Crippen molar-refractivity contribution in [2.45, 2.75) is 26.1 Å². The zero-order valence-electron chi connectivity index (χ0n) is 12.6. The van der Waals surface area contributed by atoms with Crippen LogP contribution in [-0.4, -0.2) is 24.2 Å². The van der Waals surface area contributed by atoms with E-state index in [1.807, 2.05) is 0 Å². The van der Waals surface area contributed by atoms with Crippen LogP contribution in [0.5, 0.6) is 11.6 Å². The van der Waals surface area contributed by atoms with Crippen LogP contribution >= 0.6 is 15.9 Å². The van der Waals surface area contributed by atoms with Gasteiger partial charge in [-0.15, -0.1) is 0 Å². The number of nitrogens with two attached hydrogens (primary N) is 1. The molecule has 2 N–H and O–H groups in total. The lowest BCUT2D eigenvalue weighted by Crippen LogP contribution is -2.14. The Labute approximate surface area is 139 Å². The number of benzene rings is 1. The standard InChI is InChI=1S/C15H16BrF3N2O2/c1-8(2)23-12-7-9(15(17,18)19)13-11(21-12)4-3-10(16)14(13)22-6-5-20/h3-4,7-8H,5-6,20H2,1-2H3. The Morgan fingerprint density at radius 1 is 1.30 bits per heavy atom. The number of alkyl halides is 3. The summed E-state index contributed by atoms with van der Waals surface area (Å²) in [6.45, 7) is 3.72. The Bertz CT molecular complexity index is 705. The van der Waals surface area contributed by atoms with Crippen LogP contribution in [0.1, 0.15) is 19.4 Å². The van der Waals surface area contributed by atoms with Crippen LogP contribution in [0.25, 0.3) is 10.9 Å². The molecule has 0 aliphatic rings. The van der Waals surface area contributed by atoms with E-state index in [1.165, 1.54) is 6.07 Å². The van der Waals surface area contributed by atoms with Crippen LogP contribution in [0.3, 0.4) is 0 Å². The van der Waals surface area contributed by atoms with E-state index >= 15 is 0 Å². The summed E-state index contributed by atoms with van der Waals surface area (Å²) in [5.41, 5.74) is 4.66. The van der Waals surface area contributed by atoms with E-state index in [4.69, 9.17) is 15.2 Å². The van der Waals surface area contributed by atoms with Crippen molar-refractivity contribution in [1.82, 2.24) is 4.98 Å². The normalized spacial score (nSPS) is 12.0. The minimum atomic E-state index is -4.57. The van der Waals surface area contributed by atoms with E-state index in [-0.39, 0.29) is 41.8 Å². The third kappa shape index (κ3) is 4.06. The fourth-order valence-electron chi connectivity index (χ4n) is 2.07. The molecule has 1 heterocycles. The summed E-state index contributed by atoms with van der Waals surface area (Å²) in [6.07, 6.45) is -4.86. The average Bonchev–Trinajstić information content (AvgIpc) is 2.44. The number of rotatable bonds is 5. The molecule has 8 heteroatoms. The number of nitrogens with zero attached hydrogens (tertiary/aromatic N) is 1. The molecular formula is C15H16BrF3N2O2. The van der Waals surface area contributed by atoms with E-state index in [2.05, 4.69) is 20.9 Å². The number of hydrogen-bond donors (Lipinski definition) is 1. The van der Waals surface area contributed by atoms with Crippen molar-refractivity contribution >= 4 is 26.8 Å². The second kappa shape index (κ2) is 6.92. The van der Waals surface area contributed by atoms with Gasteiger partial charge in [-0.2, -0.15) is 13.2 Å². The molecule has 0 aliphatic carbocycles. The Morgan fingerprint density at radius 3 is 2.57 bits per heavy atom. The van der Waals surface area contributed by atoms with Crippen LogP contribution in [0.15, 0.2) is 22.7 Å². The summed E-state index contributed by atoms with van der Waals surface area (Å²) in [4.78, 5) is 4.15. The summed E-state index contributed by atoms with van der Waals surface area (Å²) in [6, 6.07) is 3.96. The van der Waals surface area contributed by atoms with Crippen molar-refractivity contribution in [2.75, 3.05) is 13.2 Å². The lowest BCUT2D eigenvalue weighted by atomic mass is 10.1. The first-order valence-electron chi connectivity index (χ1n) is 6.94.